The van der Waals surface area contributed by atoms with Crippen LogP contribution in [0.1, 0.15) is 11.1 Å². The van der Waals surface area contributed by atoms with Crippen molar-refractivity contribution in [2.75, 3.05) is 11.9 Å². The van der Waals surface area contributed by atoms with E-state index >= 15 is 0 Å². The number of phenols is 1. The highest BCUT2D eigenvalue weighted by atomic mass is 16.3. The standard InChI is InChI=1S/C16H17N3O2/c1-12-7-8-15(20)13(9-12)10-18-19-16(21)11-17-14-5-3-2-4-6-14/h2-10,17,20H,11H2,1H3,(H,19,21)/b18-10+. The third kappa shape index (κ3) is 4.65. The third-order valence-electron chi connectivity index (χ3n) is 2.80. The monoisotopic (exact) mass is 283 g/mol. The number of nitrogens with one attached hydrogen (secondary N) is 2. The lowest BCUT2D eigenvalue weighted by Gasteiger charge is -2.04. The van der Waals surface area contributed by atoms with Crippen LogP contribution in [0.4, 0.5) is 5.69 Å². The highest BCUT2D eigenvalue weighted by molar-refractivity contribution is 5.86. The van der Waals surface area contributed by atoms with E-state index in [9.17, 15) is 9.90 Å². The highest BCUT2D eigenvalue weighted by Crippen LogP contribution is 2.15. The molecule has 2 rings (SSSR count). The van der Waals surface area contributed by atoms with Crippen molar-refractivity contribution in [1.82, 2.24) is 5.43 Å². The number of carbonyl (C=O) groups excluding carboxylic acids is 1. The van der Waals surface area contributed by atoms with Crippen molar-refractivity contribution in [1.29, 1.82) is 0 Å². The molecule has 2 aromatic carbocycles. The van der Waals surface area contributed by atoms with Crippen LogP contribution in [0.3, 0.4) is 0 Å². The van der Waals surface area contributed by atoms with E-state index in [1.807, 2.05) is 37.3 Å². The largest absolute Gasteiger partial charge is 0.507 e. The summed E-state index contributed by atoms with van der Waals surface area (Å²) in [5.74, 6) is -0.136. The predicted octanol–water partition coefficient (Wildman–Crippen LogP) is 2.26. The number of hydrazone groups is 1. The number of benzene rings is 2. The van der Waals surface area contributed by atoms with Crippen molar-refractivity contribution in [2.45, 2.75) is 6.92 Å². The zero-order chi connectivity index (χ0) is 15.1. The summed E-state index contributed by atoms with van der Waals surface area (Å²) in [5.41, 5.74) is 4.84. The van der Waals surface area contributed by atoms with E-state index in [2.05, 4.69) is 15.8 Å². The molecule has 0 atom stereocenters. The van der Waals surface area contributed by atoms with Gasteiger partial charge >= 0.3 is 0 Å². The van der Waals surface area contributed by atoms with Gasteiger partial charge in [-0.2, -0.15) is 5.10 Å². The van der Waals surface area contributed by atoms with Gasteiger partial charge in [-0.3, -0.25) is 4.79 Å². The molecule has 0 aliphatic rings. The number of rotatable bonds is 5. The molecule has 0 spiro atoms. The summed E-state index contributed by atoms with van der Waals surface area (Å²) in [7, 11) is 0. The maximum absolute atomic E-state index is 11.6. The van der Waals surface area contributed by atoms with E-state index < -0.39 is 0 Å². The van der Waals surface area contributed by atoms with Crippen molar-refractivity contribution in [3.8, 4) is 5.75 Å². The molecule has 0 saturated carbocycles. The second-order valence-corrected chi connectivity index (χ2v) is 4.58. The lowest BCUT2D eigenvalue weighted by atomic mass is 10.1. The van der Waals surface area contributed by atoms with E-state index in [4.69, 9.17) is 0 Å². The maximum Gasteiger partial charge on any atom is 0.259 e. The Kier molecular flexibility index (Phi) is 4.93. The summed E-state index contributed by atoms with van der Waals surface area (Å²) < 4.78 is 0. The van der Waals surface area contributed by atoms with Crippen molar-refractivity contribution in [2.24, 2.45) is 5.10 Å². The Hall–Kier alpha value is -2.82. The Morgan fingerprint density at radius 3 is 2.76 bits per heavy atom. The minimum absolute atomic E-state index is 0.126. The number of phenolic OH excluding ortho intramolecular Hbond substituents is 1. The van der Waals surface area contributed by atoms with E-state index in [1.54, 1.807) is 18.2 Å². The number of carbonyl (C=O) groups is 1. The van der Waals surface area contributed by atoms with Gasteiger partial charge in [0.05, 0.1) is 12.8 Å². The molecule has 0 unspecified atom stereocenters. The van der Waals surface area contributed by atoms with Gasteiger partial charge in [0.2, 0.25) is 0 Å². The van der Waals surface area contributed by atoms with Gasteiger partial charge < -0.3 is 10.4 Å². The fraction of sp³-hybridized carbons (Fsp3) is 0.125. The fourth-order valence-electron chi connectivity index (χ4n) is 1.73. The first-order chi connectivity index (χ1) is 10.1. The second kappa shape index (κ2) is 7.09. The van der Waals surface area contributed by atoms with Crippen LogP contribution in [0.25, 0.3) is 0 Å². The maximum atomic E-state index is 11.6. The van der Waals surface area contributed by atoms with Gasteiger partial charge in [-0.15, -0.1) is 0 Å². The van der Waals surface area contributed by atoms with Crippen LogP contribution in [-0.2, 0) is 4.79 Å². The first-order valence-corrected chi connectivity index (χ1v) is 6.55. The number of hydrogen-bond donors (Lipinski definition) is 3. The summed E-state index contributed by atoms with van der Waals surface area (Å²) in [5, 5.41) is 16.4. The molecule has 21 heavy (non-hydrogen) atoms. The minimum atomic E-state index is -0.262. The lowest BCUT2D eigenvalue weighted by Crippen LogP contribution is -2.25. The molecule has 0 radical (unpaired) electrons. The summed E-state index contributed by atoms with van der Waals surface area (Å²) in [6.07, 6.45) is 1.42. The molecule has 0 saturated heterocycles. The van der Waals surface area contributed by atoms with Gasteiger partial charge in [-0.05, 0) is 31.2 Å². The normalized spacial score (nSPS) is 10.5. The Balaban J connectivity index is 1.83. The Morgan fingerprint density at radius 2 is 2.00 bits per heavy atom. The highest BCUT2D eigenvalue weighted by Gasteiger charge is 2.00. The SMILES string of the molecule is Cc1ccc(O)c(/C=N/NC(=O)CNc2ccccc2)c1. The molecule has 108 valence electrons. The van der Waals surface area contributed by atoms with Crippen molar-refractivity contribution in [3.63, 3.8) is 0 Å². The zero-order valence-electron chi connectivity index (χ0n) is 11.7. The van der Waals surface area contributed by atoms with Gasteiger partial charge in [0.1, 0.15) is 5.75 Å². The average Bonchev–Trinajstić information content (AvgIpc) is 2.50. The Morgan fingerprint density at radius 1 is 1.24 bits per heavy atom. The number of nitrogens with zero attached hydrogens (tertiary/aromatic N) is 1. The van der Waals surface area contributed by atoms with Gasteiger partial charge in [0.15, 0.2) is 0 Å². The molecular weight excluding hydrogens is 266 g/mol. The van der Waals surface area contributed by atoms with Crippen LogP contribution in [-0.4, -0.2) is 23.8 Å². The Bertz CT molecular complexity index is 639. The lowest BCUT2D eigenvalue weighted by molar-refractivity contribution is -0.119. The van der Waals surface area contributed by atoms with Crippen LogP contribution in [0.5, 0.6) is 5.75 Å². The molecule has 0 bridgehead atoms. The summed E-state index contributed by atoms with van der Waals surface area (Å²) >= 11 is 0. The summed E-state index contributed by atoms with van der Waals surface area (Å²) in [4.78, 5) is 11.6. The van der Waals surface area contributed by atoms with Crippen LogP contribution in [0.2, 0.25) is 0 Å². The molecule has 1 amide bonds. The molecule has 2 aromatic rings. The van der Waals surface area contributed by atoms with Gasteiger partial charge in [0, 0.05) is 11.3 Å². The molecule has 3 N–H and O–H groups in total. The van der Waals surface area contributed by atoms with Crippen LogP contribution < -0.4 is 10.7 Å². The van der Waals surface area contributed by atoms with E-state index in [0.717, 1.165) is 11.3 Å². The number of aromatic hydroxyl groups is 1. The second-order valence-electron chi connectivity index (χ2n) is 4.58. The molecule has 0 aliphatic heterocycles. The zero-order valence-corrected chi connectivity index (χ0v) is 11.7. The smallest absolute Gasteiger partial charge is 0.259 e. The quantitative estimate of drug-likeness (QED) is 0.582. The van der Waals surface area contributed by atoms with Crippen LogP contribution >= 0.6 is 0 Å². The van der Waals surface area contributed by atoms with E-state index in [0.29, 0.717) is 5.56 Å². The molecule has 0 fully saturated rings. The number of aryl methyl sites for hydroxylation is 1. The summed E-state index contributed by atoms with van der Waals surface area (Å²) in [6, 6.07) is 14.6. The number of amides is 1. The first-order valence-electron chi connectivity index (χ1n) is 6.55. The first kappa shape index (κ1) is 14.6. The molecule has 5 heteroatoms. The molecule has 0 aromatic heterocycles. The minimum Gasteiger partial charge on any atom is -0.507 e. The number of anilines is 1. The van der Waals surface area contributed by atoms with Crippen molar-refractivity contribution >= 4 is 17.8 Å². The predicted molar refractivity (Wildman–Crippen MR) is 83.5 cm³/mol. The van der Waals surface area contributed by atoms with E-state index in [-0.39, 0.29) is 18.2 Å². The van der Waals surface area contributed by atoms with Crippen LogP contribution in [0.15, 0.2) is 53.6 Å². The molecule has 0 heterocycles. The average molecular weight is 283 g/mol. The van der Waals surface area contributed by atoms with E-state index in [1.165, 1.54) is 6.21 Å². The number of hydrogen-bond acceptors (Lipinski definition) is 4. The van der Waals surface area contributed by atoms with Gasteiger partial charge in [0.25, 0.3) is 5.91 Å². The van der Waals surface area contributed by atoms with Crippen molar-refractivity contribution in [3.05, 3.63) is 59.7 Å². The number of para-hydroxylation sites is 1. The van der Waals surface area contributed by atoms with Crippen molar-refractivity contribution < 1.29 is 9.90 Å². The van der Waals surface area contributed by atoms with Gasteiger partial charge in [-0.1, -0.05) is 29.8 Å². The third-order valence-corrected chi connectivity index (χ3v) is 2.80. The molecule has 0 aliphatic carbocycles. The Labute approximate surface area is 123 Å². The summed E-state index contributed by atoms with van der Waals surface area (Å²) in [6.45, 7) is 2.04. The van der Waals surface area contributed by atoms with Gasteiger partial charge in [-0.25, -0.2) is 5.43 Å². The van der Waals surface area contributed by atoms with Crippen LogP contribution in [0, 0.1) is 6.92 Å². The molecule has 5 nitrogen and oxygen atoms in total. The fourth-order valence-corrected chi connectivity index (χ4v) is 1.73. The topological polar surface area (TPSA) is 73.7 Å². The molecular formula is C16H17N3O2.